The van der Waals surface area contributed by atoms with Gasteiger partial charge in [0.25, 0.3) is 5.91 Å². The van der Waals surface area contributed by atoms with E-state index in [1.807, 2.05) is 30.3 Å². The highest BCUT2D eigenvalue weighted by molar-refractivity contribution is 5.92. The lowest BCUT2D eigenvalue weighted by molar-refractivity contribution is 0.0920. The third-order valence-electron chi connectivity index (χ3n) is 3.82. The Balaban J connectivity index is 0.00000176. The summed E-state index contributed by atoms with van der Waals surface area (Å²) in [5.41, 5.74) is 7.04. The highest BCUT2D eigenvalue weighted by Gasteiger charge is 2.21. The van der Waals surface area contributed by atoms with Crippen LogP contribution in [0.15, 0.2) is 36.5 Å². The first-order valence-corrected chi connectivity index (χ1v) is 7.26. The van der Waals surface area contributed by atoms with Crippen LogP contribution in [0.5, 0.6) is 0 Å². The van der Waals surface area contributed by atoms with E-state index in [2.05, 4.69) is 15.5 Å². The highest BCUT2D eigenvalue weighted by Crippen LogP contribution is 2.17. The van der Waals surface area contributed by atoms with Crippen molar-refractivity contribution in [2.45, 2.75) is 37.8 Å². The van der Waals surface area contributed by atoms with E-state index in [1.165, 1.54) is 11.0 Å². The van der Waals surface area contributed by atoms with Crippen LogP contribution in [0.3, 0.4) is 0 Å². The van der Waals surface area contributed by atoms with Gasteiger partial charge in [-0.15, -0.1) is 17.5 Å². The number of rotatable bonds is 3. The van der Waals surface area contributed by atoms with Crippen LogP contribution in [-0.2, 0) is 0 Å². The van der Waals surface area contributed by atoms with Gasteiger partial charge in [-0.25, -0.2) is 0 Å². The molecule has 1 aliphatic rings. The summed E-state index contributed by atoms with van der Waals surface area (Å²) >= 11 is 0. The minimum absolute atomic E-state index is 0. The van der Waals surface area contributed by atoms with Gasteiger partial charge in [-0.3, -0.25) is 4.79 Å². The van der Waals surface area contributed by atoms with Crippen LogP contribution in [0.2, 0.25) is 0 Å². The Kier molecular flexibility index (Phi) is 5.51. The fourth-order valence-corrected chi connectivity index (χ4v) is 2.58. The molecule has 1 heterocycles. The fourth-order valence-electron chi connectivity index (χ4n) is 2.58. The molecular formula is C15H20ClN5O. The highest BCUT2D eigenvalue weighted by atomic mass is 35.5. The number of hydrogen-bond donors (Lipinski definition) is 2. The van der Waals surface area contributed by atoms with E-state index < -0.39 is 0 Å². The van der Waals surface area contributed by atoms with Crippen molar-refractivity contribution in [3.63, 3.8) is 0 Å². The smallest absolute Gasteiger partial charge is 0.273 e. The van der Waals surface area contributed by atoms with Crippen LogP contribution in [0.4, 0.5) is 0 Å². The average molecular weight is 322 g/mol. The number of carbonyl (C=O) groups is 1. The molecule has 0 bridgehead atoms. The van der Waals surface area contributed by atoms with Gasteiger partial charge in [0.2, 0.25) is 0 Å². The van der Waals surface area contributed by atoms with Crippen LogP contribution in [0.1, 0.15) is 36.2 Å². The molecule has 0 saturated heterocycles. The van der Waals surface area contributed by atoms with Gasteiger partial charge in [0.1, 0.15) is 0 Å². The molecule has 118 valence electrons. The zero-order valence-electron chi connectivity index (χ0n) is 12.2. The largest absolute Gasteiger partial charge is 0.348 e. The predicted octanol–water partition coefficient (Wildman–Crippen LogP) is 1.69. The number of benzene rings is 1. The maximum atomic E-state index is 12.2. The molecule has 0 spiro atoms. The molecule has 2 aromatic rings. The van der Waals surface area contributed by atoms with Crippen molar-refractivity contribution in [3.05, 3.63) is 42.2 Å². The second-order valence-electron chi connectivity index (χ2n) is 5.44. The Morgan fingerprint density at radius 1 is 1.18 bits per heavy atom. The topological polar surface area (TPSA) is 85.8 Å². The quantitative estimate of drug-likeness (QED) is 0.900. The molecule has 0 unspecified atom stereocenters. The third-order valence-corrected chi connectivity index (χ3v) is 3.82. The number of aromatic nitrogens is 3. The first-order valence-electron chi connectivity index (χ1n) is 7.26. The molecule has 1 aromatic carbocycles. The standard InChI is InChI=1S/C15H19N5O.ClH/c16-11-6-8-12(9-7-11)18-15(21)14-10-17-20(19-14)13-4-2-1-3-5-13;/h1-5,10-12H,6-9,16H2,(H,18,21);1H. The van der Waals surface area contributed by atoms with Gasteiger partial charge < -0.3 is 11.1 Å². The zero-order valence-corrected chi connectivity index (χ0v) is 13.0. The van der Waals surface area contributed by atoms with E-state index in [1.54, 1.807) is 0 Å². The molecule has 0 atom stereocenters. The predicted molar refractivity (Wildman–Crippen MR) is 86.3 cm³/mol. The minimum Gasteiger partial charge on any atom is -0.348 e. The second kappa shape index (κ2) is 7.38. The lowest BCUT2D eigenvalue weighted by Crippen LogP contribution is -2.40. The molecule has 1 saturated carbocycles. The lowest BCUT2D eigenvalue weighted by Gasteiger charge is -2.26. The van der Waals surface area contributed by atoms with Crippen LogP contribution in [0, 0.1) is 0 Å². The summed E-state index contributed by atoms with van der Waals surface area (Å²) in [5.74, 6) is -0.169. The van der Waals surface area contributed by atoms with Crippen molar-refractivity contribution < 1.29 is 4.79 Å². The van der Waals surface area contributed by atoms with Crippen LogP contribution >= 0.6 is 12.4 Å². The number of amides is 1. The van der Waals surface area contributed by atoms with Gasteiger partial charge in [-0.05, 0) is 37.8 Å². The molecule has 7 heteroatoms. The summed E-state index contributed by atoms with van der Waals surface area (Å²) in [4.78, 5) is 13.6. The second-order valence-corrected chi connectivity index (χ2v) is 5.44. The molecule has 1 amide bonds. The van der Waals surface area contributed by atoms with Crippen molar-refractivity contribution in [1.82, 2.24) is 20.3 Å². The van der Waals surface area contributed by atoms with Crippen molar-refractivity contribution in [1.29, 1.82) is 0 Å². The first-order chi connectivity index (χ1) is 10.2. The average Bonchev–Trinajstić information content (AvgIpc) is 3.00. The first kappa shape index (κ1) is 16.5. The molecule has 3 N–H and O–H groups in total. The molecule has 1 aromatic heterocycles. The summed E-state index contributed by atoms with van der Waals surface area (Å²) in [6, 6.07) is 9.99. The Labute approximate surface area is 135 Å². The molecule has 3 rings (SSSR count). The summed E-state index contributed by atoms with van der Waals surface area (Å²) in [5, 5.41) is 11.4. The maximum absolute atomic E-state index is 12.2. The van der Waals surface area contributed by atoms with Crippen molar-refractivity contribution in [3.8, 4) is 5.69 Å². The number of halogens is 1. The van der Waals surface area contributed by atoms with E-state index in [4.69, 9.17) is 5.73 Å². The molecule has 1 fully saturated rings. The normalized spacial score (nSPS) is 21.0. The lowest BCUT2D eigenvalue weighted by atomic mass is 9.92. The van der Waals surface area contributed by atoms with Gasteiger partial charge in [-0.1, -0.05) is 18.2 Å². The molecule has 22 heavy (non-hydrogen) atoms. The number of hydrogen-bond acceptors (Lipinski definition) is 4. The van der Waals surface area contributed by atoms with E-state index in [0.29, 0.717) is 5.69 Å². The van der Waals surface area contributed by atoms with Crippen molar-refractivity contribution in [2.24, 2.45) is 5.73 Å². The van der Waals surface area contributed by atoms with E-state index in [0.717, 1.165) is 31.4 Å². The minimum atomic E-state index is -0.169. The number of nitrogens with zero attached hydrogens (tertiary/aromatic N) is 3. The number of para-hydroxylation sites is 1. The van der Waals surface area contributed by atoms with Crippen LogP contribution in [0.25, 0.3) is 5.69 Å². The molecule has 1 aliphatic carbocycles. The van der Waals surface area contributed by atoms with Gasteiger partial charge in [0, 0.05) is 12.1 Å². The number of carbonyl (C=O) groups excluding carboxylic acids is 1. The fraction of sp³-hybridized carbons (Fsp3) is 0.400. The third kappa shape index (κ3) is 3.84. The molecule has 0 radical (unpaired) electrons. The summed E-state index contributed by atoms with van der Waals surface area (Å²) in [6.07, 6.45) is 5.28. The van der Waals surface area contributed by atoms with E-state index >= 15 is 0 Å². The van der Waals surface area contributed by atoms with E-state index in [-0.39, 0.29) is 30.4 Å². The van der Waals surface area contributed by atoms with Crippen molar-refractivity contribution >= 4 is 18.3 Å². The maximum Gasteiger partial charge on any atom is 0.273 e. The molecular weight excluding hydrogens is 302 g/mol. The molecule has 6 nitrogen and oxygen atoms in total. The van der Waals surface area contributed by atoms with Crippen LogP contribution < -0.4 is 11.1 Å². The Bertz CT molecular complexity index is 607. The Morgan fingerprint density at radius 2 is 1.86 bits per heavy atom. The summed E-state index contributed by atoms with van der Waals surface area (Å²) < 4.78 is 0. The molecule has 0 aliphatic heterocycles. The van der Waals surface area contributed by atoms with Gasteiger partial charge in [0.05, 0.1) is 11.9 Å². The van der Waals surface area contributed by atoms with Crippen LogP contribution in [-0.4, -0.2) is 33.0 Å². The van der Waals surface area contributed by atoms with Crippen molar-refractivity contribution in [2.75, 3.05) is 0 Å². The Hall–Kier alpha value is -1.92. The van der Waals surface area contributed by atoms with E-state index in [9.17, 15) is 4.79 Å². The SMILES string of the molecule is Cl.NC1CCC(NC(=O)c2cnn(-c3ccccc3)n2)CC1. The van der Waals surface area contributed by atoms with Gasteiger partial charge in [-0.2, -0.15) is 9.90 Å². The summed E-state index contributed by atoms with van der Waals surface area (Å²) in [6.45, 7) is 0. The van der Waals surface area contributed by atoms with Gasteiger partial charge in [0.15, 0.2) is 5.69 Å². The summed E-state index contributed by atoms with van der Waals surface area (Å²) in [7, 11) is 0. The number of nitrogens with one attached hydrogen (secondary N) is 1. The van der Waals surface area contributed by atoms with Gasteiger partial charge >= 0.3 is 0 Å². The monoisotopic (exact) mass is 321 g/mol. The number of nitrogens with two attached hydrogens (primary N) is 1. The zero-order chi connectivity index (χ0) is 14.7. The Morgan fingerprint density at radius 3 is 2.55 bits per heavy atom.